The van der Waals surface area contributed by atoms with Crippen molar-refractivity contribution in [2.75, 3.05) is 0 Å². The average molecular weight is 225 g/mol. The smallest absolute Gasteiger partial charge is 0.126 e. The Morgan fingerprint density at radius 1 is 1.31 bits per heavy atom. The Morgan fingerprint density at radius 3 is 2.38 bits per heavy atom. The fourth-order valence-electron chi connectivity index (χ4n) is 1.76. The highest BCUT2D eigenvalue weighted by Gasteiger charge is 2.29. The van der Waals surface area contributed by atoms with Crippen molar-refractivity contribution in [3.05, 3.63) is 30.1 Å². The van der Waals surface area contributed by atoms with Crippen LogP contribution in [0.4, 0.5) is 4.39 Å². The van der Waals surface area contributed by atoms with Gasteiger partial charge in [0.1, 0.15) is 17.7 Å². The highest BCUT2D eigenvalue weighted by Crippen LogP contribution is 2.26. The summed E-state index contributed by atoms with van der Waals surface area (Å²) in [6, 6.07) is 6.03. The van der Waals surface area contributed by atoms with Gasteiger partial charge in [-0.1, -0.05) is 26.8 Å². The molecule has 3 heteroatoms. The van der Waals surface area contributed by atoms with Crippen molar-refractivity contribution >= 4 is 0 Å². The summed E-state index contributed by atoms with van der Waals surface area (Å²) in [4.78, 5) is 0. The molecule has 0 heterocycles. The molecular weight excluding hydrogens is 205 g/mol. The van der Waals surface area contributed by atoms with Gasteiger partial charge in [0, 0.05) is 17.5 Å². The molecule has 2 nitrogen and oxygen atoms in total. The molecule has 2 N–H and O–H groups in total. The highest BCUT2D eigenvalue weighted by atomic mass is 19.1. The maximum absolute atomic E-state index is 13.0. The Balaban J connectivity index is 2.84. The van der Waals surface area contributed by atoms with E-state index in [-0.39, 0.29) is 23.4 Å². The predicted molar refractivity (Wildman–Crippen MR) is 63.9 cm³/mol. The van der Waals surface area contributed by atoms with Gasteiger partial charge in [0.05, 0.1) is 0 Å². The monoisotopic (exact) mass is 225 g/mol. The zero-order chi connectivity index (χ0) is 12.3. The van der Waals surface area contributed by atoms with Crippen molar-refractivity contribution in [1.82, 2.24) is 0 Å². The van der Waals surface area contributed by atoms with Gasteiger partial charge in [0.2, 0.25) is 0 Å². The summed E-state index contributed by atoms with van der Waals surface area (Å²) in [6.07, 6.45) is -0.144. The molecule has 0 spiro atoms. The van der Waals surface area contributed by atoms with E-state index in [0.29, 0.717) is 5.75 Å². The van der Waals surface area contributed by atoms with Crippen molar-refractivity contribution in [2.45, 2.75) is 39.8 Å². The highest BCUT2D eigenvalue weighted by molar-refractivity contribution is 5.23. The standard InChI is InChI=1S/C13H20FNO/c1-9(15)12(13(2,3)4)16-11-7-5-6-10(14)8-11/h5-9,12H,15H2,1-4H3. The van der Waals surface area contributed by atoms with Gasteiger partial charge in [-0.05, 0) is 19.1 Å². The third-order valence-corrected chi connectivity index (χ3v) is 2.39. The molecule has 2 unspecified atom stereocenters. The molecule has 0 bridgehead atoms. The summed E-state index contributed by atoms with van der Waals surface area (Å²) in [7, 11) is 0. The summed E-state index contributed by atoms with van der Waals surface area (Å²) in [6.45, 7) is 8.07. The first kappa shape index (κ1) is 13.0. The molecule has 0 saturated carbocycles. The molecule has 0 saturated heterocycles. The van der Waals surface area contributed by atoms with Crippen LogP contribution in [-0.4, -0.2) is 12.1 Å². The van der Waals surface area contributed by atoms with Crippen molar-refractivity contribution in [3.63, 3.8) is 0 Å². The van der Waals surface area contributed by atoms with Crippen LogP contribution in [0.3, 0.4) is 0 Å². The van der Waals surface area contributed by atoms with Crippen LogP contribution < -0.4 is 10.5 Å². The first-order valence-electron chi connectivity index (χ1n) is 5.48. The fraction of sp³-hybridized carbons (Fsp3) is 0.538. The molecule has 16 heavy (non-hydrogen) atoms. The second kappa shape index (κ2) is 4.83. The van der Waals surface area contributed by atoms with E-state index in [1.165, 1.54) is 12.1 Å². The minimum atomic E-state index is -0.296. The lowest BCUT2D eigenvalue weighted by Crippen LogP contribution is -2.45. The van der Waals surface area contributed by atoms with Crippen LogP contribution in [0.5, 0.6) is 5.75 Å². The SMILES string of the molecule is CC(N)C(Oc1cccc(F)c1)C(C)(C)C. The number of benzene rings is 1. The molecule has 0 amide bonds. The maximum atomic E-state index is 13.0. The lowest BCUT2D eigenvalue weighted by Gasteiger charge is -2.34. The van der Waals surface area contributed by atoms with Crippen molar-refractivity contribution in [2.24, 2.45) is 11.1 Å². The van der Waals surface area contributed by atoms with Crippen LogP contribution in [-0.2, 0) is 0 Å². The fourth-order valence-corrected chi connectivity index (χ4v) is 1.76. The van der Waals surface area contributed by atoms with Gasteiger partial charge in [-0.3, -0.25) is 0 Å². The molecule has 2 atom stereocenters. The van der Waals surface area contributed by atoms with Gasteiger partial charge in [0.25, 0.3) is 0 Å². The van der Waals surface area contributed by atoms with Gasteiger partial charge >= 0.3 is 0 Å². The average Bonchev–Trinajstić information content (AvgIpc) is 2.12. The Labute approximate surface area is 96.6 Å². The van der Waals surface area contributed by atoms with E-state index in [1.54, 1.807) is 12.1 Å². The number of hydrogen-bond acceptors (Lipinski definition) is 2. The molecule has 1 aromatic rings. The van der Waals surface area contributed by atoms with Crippen LogP contribution in [0.1, 0.15) is 27.7 Å². The lowest BCUT2D eigenvalue weighted by molar-refractivity contribution is 0.0681. The van der Waals surface area contributed by atoms with Crippen molar-refractivity contribution in [3.8, 4) is 5.75 Å². The van der Waals surface area contributed by atoms with Crippen molar-refractivity contribution < 1.29 is 9.13 Å². The summed E-state index contributed by atoms with van der Waals surface area (Å²) < 4.78 is 18.8. The van der Waals surface area contributed by atoms with E-state index in [1.807, 2.05) is 6.92 Å². The molecule has 90 valence electrons. The minimum Gasteiger partial charge on any atom is -0.488 e. The number of halogens is 1. The molecule has 0 aliphatic heterocycles. The molecule has 1 rings (SSSR count). The number of ether oxygens (including phenoxy) is 1. The van der Waals surface area contributed by atoms with Gasteiger partial charge in [-0.15, -0.1) is 0 Å². The number of rotatable bonds is 3. The van der Waals surface area contributed by atoms with E-state index in [0.717, 1.165) is 0 Å². The van der Waals surface area contributed by atoms with Crippen LogP contribution in [0.15, 0.2) is 24.3 Å². The number of nitrogens with two attached hydrogens (primary N) is 1. The first-order chi connectivity index (χ1) is 7.30. The maximum Gasteiger partial charge on any atom is 0.126 e. The summed E-state index contributed by atoms with van der Waals surface area (Å²) in [5.41, 5.74) is 5.81. The summed E-state index contributed by atoms with van der Waals surface area (Å²) in [5.74, 6) is 0.229. The Hall–Kier alpha value is -1.09. The van der Waals surface area contributed by atoms with Crippen LogP contribution in [0.25, 0.3) is 0 Å². The molecule has 0 fully saturated rings. The first-order valence-corrected chi connectivity index (χ1v) is 5.48. The van der Waals surface area contributed by atoms with Crippen molar-refractivity contribution in [1.29, 1.82) is 0 Å². The molecule has 0 radical (unpaired) electrons. The molecule has 0 aliphatic carbocycles. The number of hydrogen-bond donors (Lipinski definition) is 1. The molecular formula is C13H20FNO. The normalized spacial score (nSPS) is 15.6. The van der Waals surface area contributed by atoms with Gasteiger partial charge in [-0.2, -0.15) is 0 Å². The van der Waals surface area contributed by atoms with E-state index in [2.05, 4.69) is 20.8 Å². The zero-order valence-corrected chi connectivity index (χ0v) is 10.3. The van der Waals surface area contributed by atoms with Gasteiger partial charge in [-0.25, -0.2) is 4.39 Å². The summed E-state index contributed by atoms with van der Waals surface area (Å²) in [5, 5.41) is 0. The van der Waals surface area contributed by atoms with E-state index < -0.39 is 0 Å². The Kier molecular flexibility index (Phi) is 3.92. The molecule has 0 aromatic heterocycles. The van der Waals surface area contributed by atoms with Crippen LogP contribution in [0.2, 0.25) is 0 Å². The van der Waals surface area contributed by atoms with Gasteiger partial charge in [0.15, 0.2) is 0 Å². The Bertz CT molecular complexity index is 344. The second-order valence-corrected chi connectivity index (χ2v) is 5.22. The Morgan fingerprint density at radius 2 is 1.94 bits per heavy atom. The second-order valence-electron chi connectivity index (χ2n) is 5.22. The van der Waals surface area contributed by atoms with E-state index in [9.17, 15) is 4.39 Å². The van der Waals surface area contributed by atoms with Crippen LogP contribution >= 0.6 is 0 Å². The van der Waals surface area contributed by atoms with E-state index in [4.69, 9.17) is 10.5 Å². The largest absolute Gasteiger partial charge is 0.488 e. The summed E-state index contributed by atoms with van der Waals surface area (Å²) >= 11 is 0. The molecule has 0 aliphatic rings. The zero-order valence-electron chi connectivity index (χ0n) is 10.3. The molecule has 1 aromatic carbocycles. The third kappa shape index (κ3) is 3.49. The quantitative estimate of drug-likeness (QED) is 0.858. The predicted octanol–water partition coefficient (Wildman–Crippen LogP) is 2.97. The lowest BCUT2D eigenvalue weighted by atomic mass is 9.85. The van der Waals surface area contributed by atoms with Gasteiger partial charge < -0.3 is 10.5 Å². The third-order valence-electron chi connectivity index (χ3n) is 2.39. The van der Waals surface area contributed by atoms with Crippen LogP contribution in [0, 0.1) is 11.2 Å². The minimum absolute atomic E-state index is 0.0829. The topological polar surface area (TPSA) is 35.2 Å². The van der Waals surface area contributed by atoms with E-state index >= 15 is 0 Å².